The van der Waals surface area contributed by atoms with Crippen molar-refractivity contribution in [2.45, 2.75) is 32.4 Å². The van der Waals surface area contributed by atoms with Gasteiger partial charge in [-0.25, -0.2) is 4.79 Å². The van der Waals surface area contributed by atoms with Gasteiger partial charge in [-0.2, -0.15) is 0 Å². The van der Waals surface area contributed by atoms with E-state index in [9.17, 15) is 4.79 Å². The van der Waals surface area contributed by atoms with Crippen molar-refractivity contribution in [1.29, 1.82) is 0 Å². The zero-order chi connectivity index (χ0) is 38.3. The van der Waals surface area contributed by atoms with E-state index in [2.05, 4.69) is 102 Å². The van der Waals surface area contributed by atoms with Gasteiger partial charge in [0.1, 0.15) is 13.2 Å². The fourth-order valence-electron chi connectivity index (χ4n) is 8.02. The van der Waals surface area contributed by atoms with E-state index in [1.807, 2.05) is 35.7 Å². The molecule has 56 heavy (non-hydrogen) atoms. The van der Waals surface area contributed by atoms with Crippen LogP contribution < -0.4 is 9.80 Å². The van der Waals surface area contributed by atoms with Gasteiger partial charge in [0, 0.05) is 108 Å². The Morgan fingerprint density at radius 3 is 1.29 bits per heavy atom. The van der Waals surface area contributed by atoms with Gasteiger partial charge in [-0.3, -0.25) is 9.80 Å². The smallest absolute Gasteiger partial charge is 0.433 e. The van der Waals surface area contributed by atoms with E-state index in [0.717, 1.165) is 115 Å². The molecule has 0 amide bonds. The Labute approximate surface area is 349 Å². The van der Waals surface area contributed by atoms with Crippen molar-refractivity contribution in [3.8, 4) is 0 Å². The number of fused-ring (bicyclic) bond motifs is 4. The molecular weight excluding hydrogens is 784 g/mol. The molecule has 0 aromatic heterocycles. The number of para-hydroxylation sites is 2. The molecule has 4 aliphatic heterocycles. The number of hydrogen-bond donors (Lipinski definition) is 0. The highest BCUT2D eigenvalue weighted by Gasteiger charge is 2.26. The predicted octanol–water partition coefficient (Wildman–Crippen LogP) is 9.07. The zero-order valence-corrected chi connectivity index (χ0v) is 34.9. The van der Waals surface area contributed by atoms with Crippen molar-refractivity contribution in [3.63, 3.8) is 0 Å². The Hall–Kier alpha value is -3.13. The topological polar surface area (TPSA) is 55.0 Å². The van der Waals surface area contributed by atoms with Gasteiger partial charge in [-0.05, 0) is 86.6 Å². The summed E-state index contributed by atoms with van der Waals surface area (Å²) in [5.41, 5.74) is 4.91. The summed E-state index contributed by atoms with van der Waals surface area (Å²) in [5, 5.41) is 1.54. The molecular formula is C43H50Cl2N6O3S2. The monoisotopic (exact) mass is 832 g/mol. The molecule has 296 valence electrons. The quantitative estimate of drug-likeness (QED) is 0.115. The Bertz CT molecular complexity index is 1820. The van der Waals surface area contributed by atoms with E-state index in [1.54, 1.807) is 0 Å². The van der Waals surface area contributed by atoms with Gasteiger partial charge in [-0.1, -0.05) is 71.0 Å². The van der Waals surface area contributed by atoms with Crippen LogP contribution in [0.15, 0.2) is 105 Å². The van der Waals surface area contributed by atoms with Crippen LogP contribution in [0.25, 0.3) is 0 Å². The first kappa shape index (κ1) is 39.7. The molecule has 0 saturated carbocycles. The van der Waals surface area contributed by atoms with Gasteiger partial charge in [0.2, 0.25) is 0 Å². The lowest BCUT2D eigenvalue weighted by atomic mass is 10.2. The SMILES string of the molecule is O=C(OCCN1CCN(CCCN2c3ccccc3Sc3ccc(Cl)cc32)CC1)OCCN1CCN(CCCN2c3ccccc3Sc3ccc(Cl)cc32)CC1. The third kappa shape index (κ3) is 9.93. The molecule has 0 aliphatic carbocycles. The third-order valence-electron chi connectivity index (χ3n) is 11.1. The largest absolute Gasteiger partial charge is 0.508 e. The summed E-state index contributed by atoms with van der Waals surface area (Å²) in [6, 6.07) is 29.6. The van der Waals surface area contributed by atoms with Crippen LogP contribution in [0.3, 0.4) is 0 Å². The summed E-state index contributed by atoms with van der Waals surface area (Å²) in [7, 11) is 0. The third-order valence-corrected chi connectivity index (χ3v) is 13.8. The number of hydrogen-bond acceptors (Lipinski definition) is 11. The van der Waals surface area contributed by atoms with E-state index >= 15 is 0 Å². The maximum absolute atomic E-state index is 12.4. The van der Waals surface area contributed by atoms with Crippen LogP contribution in [0.2, 0.25) is 10.0 Å². The number of nitrogens with zero attached hydrogens (tertiary/aromatic N) is 6. The second kappa shape index (κ2) is 19.1. The van der Waals surface area contributed by atoms with Crippen LogP contribution in [0.1, 0.15) is 12.8 Å². The van der Waals surface area contributed by atoms with Crippen molar-refractivity contribution < 1.29 is 14.3 Å². The molecule has 4 aliphatic rings. The van der Waals surface area contributed by atoms with E-state index in [0.29, 0.717) is 13.2 Å². The minimum atomic E-state index is -0.566. The lowest BCUT2D eigenvalue weighted by molar-refractivity contribution is 0.0322. The summed E-state index contributed by atoms with van der Waals surface area (Å²) in [5.74, 6) is 0. The van der Waals surface area contributed by atoms with Crippen molar-refractivity contribution in [2.75, 3.05) is 115 Å². The first-order valence-electron chi connectivity index (χ1n) is 19.8. The number of ether oxygens (including phenoxy) is 2. The second-order valence-electron chi connectivity index (χ2n) is 14.7. The van der Waals surface area contributed by atoms with E-state index in [1.165, 1.54) is 42.3 Å². The molecule has 0 N–H and O–H groups in total. The Kier molecular flexibility index (Phi) is 13.5. The summed E-state index contributed by atoms with van der Waals surface area (Å²) >= 11 is 16.4. The van der Waals surface area contributed by atoms with Gasteiger partial charge in [-0.15, -0.1) is 0 Å². The summed E-state index contributed by atoms with van der Waals surface area (Å²) < 4.78 is 10.9. The van der Waals surface area contributed by atoms with Crippen LogP contribution in [0, 0.1) is 0 Å². The molecule has 0 unspecified atom stereocenters. The highest BCUT2D eigenvalue weighted by molar-refractivity contribution is 8.00. The molecule has 0 spiro atoms. The molecule has 4 aromatic carbocycles. The predicted molar refractivity (Wildman–Crippen MR) is 230 cm³/mol. The molecule has 8 rings (SSSR count). The first-order valence-corrected chi connectivity index (χ1v) is 22.2. The van der Waals surface area contributed by atoms with E-state index in [4.69, 9.17) is 32.7 Å². The lowest BCUT2D eigenvalue weighted by Crippen LogP contribution is -2.48. The van der Waals surface area contributed by atoms with Crippen LogP contribution in [-0.2, 0) is 9.47 Å². The molecule has 0 atom stereocenters. The molecule has 2 saturated heterocycles. The van der Waals surface area contributed by atoms with Gasteiger partial charge in [0.15, 0.2) is 0 Å². The van der Waals surface area contributed by atoms with Crippen molar-refractivity contribution in [2.24, 2.45) is 0 Å². The Morgan fingerprint density at radius 2 is 0.857 bits per heavy atom. The lowest BCUT2D eigenvalue weighted by Gasteiger charge is -2.36. The summed E-state index contributed by atoms with van der Waals surface area (Å²) in [4.78, 5) is 32.1. The molecule has 2 fully saturated rings. The number of benzene rings is 4. The number of piperazine rings is 2. The number of rotatable bonds is 14. The van der Waals surface area contributed by atoms with E-state index < -0.39 is 6.16 Å². The molecule has 0 bridgehead atoms. The number of carbonyl (C=O) groups excluding carboxylic acids is 1. The molecule has 0 radical (unpaired) electrons. The molecule has 4 heterocycles. The molecule has 13 heteroatoms. The fourth-order valence-corrected chi connectivity index (χ4v) is 10.5. The maximum Gasteiger partial charge on any atom is 0.508 e. The number of anilines is 4. The van der Waals surface area contributed by atoms with Crippen molar-refractivity contribution in [1.82, 2.24) is 19.6 Å². The van der Waals surface area contributed by atoms with Gasteiger partial charge >= 0.3 is 6.16 Å². The van der Waals surface area contributed by atoms with Gasteiger partial charge in [0.25, 0.3) is 0 Å². The normalized spacial score (nSPS) is 17.5. The fraction of sp³-hybridized carbons (Fsp3) is 0.419. The standard InChI is InChI=1S/C43H50Cl2N6O3S2/c44-33-11-13-41-37(31-33)50(35-7-1-3-9-39(35)55-41)17-5-15-46-19-23-48(24-20-46)27-29-53-43(52)54-30-28-49-25-21-47(22-26-49)16-6-18-51-36-8-2-4-10-40(36)56-42-14-12-34(45)32-38(42)51/h1-4,7-14,31-32H,5-6,15-30H2. The van der Waals surface area contributed by atoms with Crippen molar-refractivity contribution >= 4 is 75.6 Å². The minimum absolute atomic E-state index is 0.354. The maximum atomic E-state index is 12.4. The van der Waals surface area contributed by atoms with Crippen LogP contribution in [-0.4, -0.2) is 131 Å². The van der Waals surface area contributed by atoms with Crippen LogP contribution >= 0.6 is 46.7 Å². The number of carbonyl (C=O) groups is 1. The average Bonchev–Trinajstić information content (AvgIpc) is 3.22. The van der Waals surface area contributed by atoms with Crippen LogP contribution in [0.5, 0.6) is 0 Å². The van der Waals surface area contributed by atoms with E-state index in [-0.39, 0.29) is 0 Å². The van der Waals surface area contributed by atoms with Crippen molar-refractivity contribution in [3.05, 3.63) is 95.0 Å². The molecule has 4 aromatic rings. The Morgan fingerprint density at radius 1 is 0.482 bits per heavy atom. The van der Waals surface area contributed by atoms with Gasteiger partial charge < -0.3 is 29.1 Å². The summed E-state index contributed by atoms with van der Waals surface area (Å²) in [6.45, 7) is 14.1. The number of halogens is 2. The highest BCUT2D eigenvalue weighted by atomic mass is 35.5. The second-order valence-corrected chi connectivity index (χ2v) is 17.7. The molecule has 9 nitrogen and oxygen atoms in total. The summed E-state index contributed by atoms with van der Waals surface area (Å²) in [6.07, 6.45) is 1.56. The van der Waals surface area contributed by atoms with Gasteiger partial charge in [0.05, 0.1) is 22.7 Å². The first-order chi connectivity index (χ1) is 27.5. The van der Waals surface area contributed by atoms with Crippen LogP contribution in [0.4, 0.5) is 27.5 Å². The highest BCUT2D eigenvalue weighted by Crippen LogP contribution is 2.50. The Balaban J connectivity index is 0.671. The average molecular weight is 834 g/mol. The zero-order valence-electron chi connectivity index (χ0n) is 31.8. The minimum Gasteiger partial charge on any atom is -0.433 e.